The third kappa shape index (κ3) is 4.99. The molecule has 0 aliphatic carbocycles. The normalized spacial score (nSPS) is 14.9. The zero-order valence-corrected chi connectivity index (χ0v) is 16.9. The van der Waals surface area contributed by atoms with Gasteiger partial charge in [-0.2, -0.15) is 0 Å². The van der Waals surface area contributed by atoms with Gasteiger partial charge < -0.3 is 19.1 Å². The Kier molecular flexibility index (Phi) is 6.59. The summed E-state index contributed by atoms with van der Waals surface area (Å²) in [6.45, 7) is 0.947. The molecule has 0 fully saturated rings. The molecule has 0 spiro atoms. The van der Waals surface area contributed by atoms with E-state index in [1.807, 2.05) is 49.5 Å². The average molecular weight is 398 g/mol. The molecule has 3 rings (SSSR count). The van der Waals surface area contributed by atoms with Crippen LogP contribution >= 0.6 is 0 Å². The van der Waals surface area contributed by atoms with Crippen molar-refractivity contribution in [3.63, 3.8) is 0 Å². The van der Waals surface area contributed by atoms with E-state index in [2.05, 4.69) is 10.2 Å². The van der Waals surface area contributed by atoms with E-state index in [-0.39, 0.29) is 18.5 Å². The Labute approximate surface area is 170 Å². The van der Waals surface area contributed by atoms with E-state index in [1.54, 1.807) is 7.11 Å². The maximum absolute atomic E-state index is 12.4. The van der Waals surface area contributed by atoms with Crippen LogP contribution in [0.4, 0.5) is 16.2 Å². The van der Waals surface area contributed by atoms with Crippen molar-refractivity contribution < 1.29 is 23.8 Å². The van der Waals surface area contributed by atoms with Gasteiger partial charge in [-0.05, 0) is 36.2 Å². The summed E-state index contributed by atoms with van der Waals surface area (Å²) in [6, 6.07) is 13.1. The van der Waals surface area contributed by atoms with Crippen LogP contribution in [0.1, 0.15) is 29.9 Å². The lowest BCUT2D eigenvalue weighted by Crippen LogP contribution is -2.16. The molecule has 1 aliphatic rings. The number of nitrogens with zero attached hydrogens (tertiary/aromatic N) is 1. The fraction of sp³-hybridized carbons (Fsp3) is 0.364. The van der Waals surface area contributed by atoms with Crippen LogP contribution in [0, 0.1) is 0 Å². The number of carbonyl (C=O) groups excluding carboxylic acids is 2. The molecular weight excluding hydrogens is 372 g/mol. The summed E-state index contributed by atoms with van der Waals surface area (Å²) >= 11 is 0. The van der Waals surface area contributed by atoms with Crippen LogP contribution in [0.3, 0.4) is 0 Å². The van der Waals surface area contributed by atoms with Crippen molar-refractivity contribution in [3.05, 3.63) is 53.6 Å². The molecule has 0 saturated carbocycles. The number of ether oxygens (including phenoxy) is 3. The van der Waals surface area contributed by atoms with Crippen molar-refractivity contribution in [3.8, 4) is 5.75 Å². The molecular formula is C22H26N2O5. The molecule has 1 aliphatic heterocycles. The summed E-state index contributed by atoms with van der Waals surface area (Å²) in [5.74, 6) is 0.651. The van der Waals surface area contributed by atoms with Crippen molar-refractivity contribution in [1.82, 2.24) is 0 Å². The summed E-state index contributed by atoms with van der Waals surface area (Å²) in [6.07, 6.45) is 0.476. The number of likely N-dealkylation sites (N-methyl/N-ethyl adjacent to an activating group) is 1. The molecule has 1 heterocycles. The maximum Gasteiger partial charge on any atom is 0.411 e. The van der Waals surface area contributed by atoms with E-state index < -0.39 is 6.09 Å². The fourth-order valence-corrected chi connectivity index (χ4v) is 3.59. The van der Waals surface area contributed by atoms with Gasteiger partial charge in [-0.1, -0.05) is 18.2 Å². The van der Waals surface area contributed by atoms with E-state index in [9.17, 15) is 9.59 Å². The number of nitrogens with one attached hydrogen (secondary N) is 1. The molecule has 1 unspecified atom stereocenters. The van der Waals surface area contributed by atoms with Crippen molar-refractivity contribution in [2.45, 2.75) is 25.4 Å². The van der Waals surface area contributed by atoms with Gasteiger partial charge in [0, 0.05) is 42.9 Å². The smallest absolute Gasteiger partial charge is 0.411 e. The second-order valence-electron chi connectivity index (χ2n) is 6.98. The van der Waals surface area contributed by atoms with Gasteiger partial charge >= 0.3 is 12.1 Å². The number of fused-ring (bicyclic) bond motifs is 1. The summed E-state index contributed by atoms with van der Waals surface area (Å²) in [5.41, 5.74) is 3.66. The Morgan fingerprint density at radius 2 is 1.90 bits per heavy atom. The highest BCUT2D eigenvalue weighted by Gasteiger charge is 2.30. The molecule has 2 aromatic carbocycles. The van der Waals surface area contributed by atoms with Crippen molar-refractivity contribution in [1.29, 1.82) is 0 Å². The molecule has 0 saturated heterocycles. The van der Waals surface area contributed by atoms with Gasteiger partial charge in [0.15, 0.2) is 0 Å². The topological polar surface area (TPSA) is 77.1 Å². The van der Waals surface area contributed by atoms with E-state index in [1.165, 1.54) is 7.11 Å². The maximum atomic E-state index is 12.4. The lowest BCUT2D eigenvalue weighted by Gasteiger charge is -2.15. The monoisotopic (exact) mass is 398 g/mol. The fourth-order valence-electron chi connectivity index (χ4n) is 3.59. The van der Waals surface area contributed by atoms with Crippen molar-refractivity contribution >= 4 is 23.4 Å². The zero-order valence-electron chi connectivity index (χ0n) is 16.9. The van der Waals surface area contributed by atoms with Crippen LogP contribution in [0.25, 0.3) is 0 Å². The molecule has 154 valence electrons. The molecule has 1 atom stereocenters. The second kappa shape index (κ2) is 9.32. The molecule has 0 aromatic heterocycles. The lowest BCUT2D eigenvalue weighted by molar-refractivity contribution is -0.140. The summed E-state index contributed by atoms with van der Waals surface area (Å²) < 4.78 is 15.2. The molecule has 7 nitrogen and oxygen atoms in total. The number of rotatable bonds is 7. The first kappa shape index (κ1) is 20.5. The molecule has 0 radical (unpaired) electrons. The Hall–Kier alpha value is -3.22. The molecule has 2 aromatic rings. The predicted molar refractivity (Wildman–Crippen MR) is 111 cm³/mol. The first-order valence-corrected chi connectivity index (χ1v) is 9.49. The van der Waals surface area contributed by atoms with E-state index >= 15 is 0 Å². The number of hydrogen-bond donors (Lipinski definition) is 1. The largest absolute Gasteiger partial charge is 0.497 e. The summed E-state index contributed by atoms with van der Waals surface area (Å²) in [4.78, 5) is 26.0. The molecule has 1 N–H and O–H groups in total. The SMILES string of the molecule is COC(=O)CCC1CN(C)c2cccc(NC(=O)OCc3ccc(OC)cc3)c21. The first-order chi connectivity index (χ1) is 14.0. The van der Waals surface area contributed by atoms with Crippen molar-refractivity contribution in [2.24, 2.45) is 0 Å². The average Bonchev–Trinajstić information content (AvgIpc) is 3.07. The third-order valence-electron chi connectivity index (χ3n) is 5.09. The molecule has 1 amide bonds. The van der Waals surface area contributed by atoms with Gasteiger partial charge in [0.1, 0.15) is 12.4 Å². The quantitative estimate of drug-likeness (QED) is 0.712. The van der Waals surface area contributed by atoms with Crippen LogP contribution in [0.5, 0.6) is 5.75 Å². The van der Waals surface area contributed by atoms with E-state index in [0.717, 1.165) is 29.1 Å². The highest BCUT2D eigenvalue weighted by atomic mass is 16.5. The predicted octanol–water partition coefficient (Wildman–Crippen LogP) is 3.93. The number of benzene rings is 2. The Morgan fingerprint density at radius 3 is 2.59 bits per heavy atom. The number of anilines is 2. The van der Waals surface area contributed by atoms with E-state index in [4.69, 9.17) is 14.2 Å². The van der Waals surface area contributed by atoms with Crippen LogP contribution in [-0.4, -0.2) is 39.9 Å². The number of hydrogen-bond acceptors (Lipinski definition) is 6. The zero-order chi connectivity index (χ0) is 20.8. The number of carbonyl (C=O) groups is 2. The summed E-state index contributed by atoms with van der Waals surface area (Å²) in [7, 11) is 5.00. The Balaban J connectivity index is 1.66. The van der Waals surface area contributed by atoms with Crippen molar-refractivity contribution in [2.75, 3.05) is 38.0 Å². The number of methoxy groups -OCH3 is 2. The highest BCUT2D eigenvalue weighted by Crippen LogP contribution is 2.42. The Bertz CT molecular complexity index is 866. The van der Waals surface area contributed by atoms with Gasteiger partial charge in [-0.25, -0.2) is 4.79 Å². The first-order valence-electron chi connectivity index (χ1n) is 9.49. The van der Waals surface area contributed by atoms with Crippen LogP contribution in [0.15, 0.2) is 42.5 Å². The summed E-state index contributed by atoms with van der Waals surface area (Å²) in [5, 5.41) is 2.86. The second-order valence-corrected chi connectivity index (χ2v) is 6.98. The molecule has 29 heavy (non-hydrogen) atoms. The minimum atomic E-state index is -0.518. The minimum absolute atomic E-state index is 0.132. The molecule has 0 bridgehead atoms. The van der Waals surface area contributed by atoms with E-state index in [0.29, 0.717) is 18.5 Å². The van der Waals surface area contributed by atoms with Crippen LogP contribution < -0.4 is 15.0 Å². The van der Waals surface area contributed by atoms with Gasteiger partial charge in [0.05, 0.1) is 14.2 Å². The van der Waals surface area contributed by atoms with Gasteiger partial charge in [-0.15, -0.1) is 0 Å². The number of amides is 1. The standard InChI is InChI=1S/C22H26N2O5/c1-24-13-16(9-12-20(25)28-3)21-18(5-4-6-19(21)24)23-22(26)29-14-15-7-10-17(27-2)11-8-15/h4-8,10-11,16H,9,12-14H2,1-3H3,(H,23,26). The van der Waals surface area contributed by atoms with Crippen LogP contribution in [0.2, 0.25) is 0 Å². The highest BCUT2D eigenvalue weighted by molar-refractivity contribution is 5.88. The van der Waals surface area contributed by atoms with Gasteiger partial charge in [0.2, 0.25) is 0 Å². The van der Waals surface area contributed by atoms with Gasteiger partial charge in [0.25, 0.3) is 0 Å². The minimum Gasteiger partial charge on any atom is -0.497 e. The third-order valence-corrected chi connectivity index (χ3v) is 5.09. The molecule has 7 heteroatoms. The lowest BCUT2D eigenvalue weighted by atomic mass is 9.94. The van der Waals surface area contributed by atoms with Crippen LogP contribution in [-0.2, 0) is 20.9 Å². The Morgan fingerprint density at radius 1 is 1.14 bits per heavy atom. The number of esters is 1. The van der Waals surface area contributed by atoms with Gasteiger partial charge in [-0.3, -0.25) is 10.1 Å².